The van der Waals surface area contributed by atoms with Crippen LogP contribution in [0.25, 0.3) is 0 Å². The molecule has 0 saturated heterocycles. The number of nitriles is 1. The zero-order valence-electron chi connectivity index (χ0n) is 9.44. The molecule has 4 nitrogen and oxygen atoms in total. The first-order valence-electron chi connectivity index (χ1n) is 5.01. The van der Waals surface area contributed by atoms with Crippen LogP contribution in [0.3, 0.4) is 0 Å². The summed E-state index contributed by atoms with van der Waals surface area (Å²) in [4.78, 5) is 6.12. The van der Waals surface area contributed by atoms with E-state index in [0.29, 0.717) is 0 Å². The van der Waals surface area contributed by atoms with Crippen LogP contribution in [0.1, 0.15) is 11.6 Å². The molecule has 1 unspecified atom stereocenters. The maximum absolute atomic E-state index is 9.07. The van der Waals surface area contributed by atoms with Crippen molar-refractivity contribution in [1.82, 2.24) is 15.2 Å². The van der Waals surface area contributed by atoms with Crippen LogP contribution >= 0.6 is 15.9 Å². The van der Waals surface area contributed by atoms with Gasteiger partial charge >= 0.3 is 0 Å². The van der Waals surface area contributed by atoms with Gasteiger partial charge in [0, 0.05) is 35.5 Å². The molecule has 1 heterocycles. The first-order chi connectivity index (χ1) is 7.63. The molecule has 1 atom stereocenters. The van der Waals surface area contributed by atoms with Crippen molar-refractivity contribution >= 4 is 15.9 Å². The van der Waals surface area contributed by atoms with E-state index in [1.54, 1.807) is 12.4 Å². The fourth-order valence-electron chi connectivity index (χ4n) is 1.26. The third kappa shape index (κ3) is 4.27. The van der Waals surface area contributed by atoms with Gasteiger partial charge in [-0.1, -0.05) is 0 Å². The van der Waals surface area contributed by atoms with Crippen LogP contribution in [0.15, 0.2) is 22.9 Å². The van der Waals surface area contributed by atoms with Crippen LogP contribution in [0, 0.1) is 11.3 Å². The van der Waals surface area contributed by atoms with E-state index in [4.69, 9.17) is 5.26 Å². The molecule has 0 spiro atoms. The molecular weight excluding hydrogens is 268 g/mol. The standard InChI is InChI=1S/C11H15BrN4/c1-16(2)4-3-15-11(6-13)9-5-10(12)8-14-7-9/h5,7-8,11,15H,3-4H2,1-2H3. The van der Waals surface area contributed by atoms with Gasteiger partial charge in [0.15, 0.2) is 0 Å². The largest absolute Gasteiger partial charge is 0.308 e. The summed E-state index contributed by atoms with van der Waals surface area (Å²) in [6.07, 6.45) is 3.42. The SMILES string of the molecule is CN(C)CCNC(C#N)c1cncc(Br)c1. The number of halogens is 1. The van der Waals surface area contributed by atoms with Gasteiger partial charge in [-0.25, -0.2) is 0 Å². The molecule has 0 aromatic carbocycles. The molecule has 0 saturated carbocycles. The monoisotopic (exact) mass is 282 g/mol. The Balaban J connectivity index is 2.58. The van der Waals surface area contributed by atoms with Gasteiger partial charge in [0.25, 0.3) is 0 Å². The number of aromatic nitrogens is 1. The summed E-state index contributed by atoms with van der Waals surface area (Å²) in [7, 11) is 4.01. The van der Waals surface area contributed by atoms with Gasteiger partial charge < -0.3 is 4.90 Å². The van der Waals surface area contributed by atoms with E-state index in [2.05, 4.69) is 37.2 Å². The molecule has 0 bridgehead atoms. The van der Waals surface area contributed by atoms with Crippen molar-refractivity contribution in [1.29, 1.82) is 5.26 Å². The van der Waals surface area contributed by atoms with Gasteiger partial charge in [-0.3, -0.25) is 10.3 Å². The number of nitrogens with one attached hydrogen (secondary N) is 1. The quantitative estimate of drug-likeness (QED) is 0.891. The normalized spacial score (nSPS) is 12.4. The maximum atomic E-state index is 9.07. The molecule has 0 aliphatic heterocycles. The first kappa shape index (κ1) is 13.1. The molecule has 1 N–H and O–H groups in total. The molecule has 86 valence electrons. The molecular formula is C11H15BrN4. The predicted octanol–water partition coefficient (Wildman–Crippen LogP) is 1.56. The van der Waals surface area contributed by atoms with E-state index in [9.17, 15) is 0 Å². The van der Waals surface area contributed by atoms with Gasteiger partial charge in [0.05, 0.1) is 6.07 Å². The molecule has 0 fully saturated rings. The van der Waals surface area contributed by atoms with Crippen molar-refractivity contribution < 1.29 is 0 Å². The van der Waals surface area contributed by atoms with Crippen LogP contribution < -0.4 is 5.32 Å². The fraction of sp³-hybridized carbons (Fsp3) is 0.455. The maximum Gasteiger partial charge on any atom is 0.122 e. The van der Waals surface area contributed by atoms with Crippen molar-refractivity contribution in [2.75, 3.05) is 27.2 Å². The fourth-order valence-corrected chi connectivity index (χ4v) is 1.64. The summed E-state index contributed by atoms with van der Waals surface area (Å²) < 4.78 is 0.889. The predicted molar refractivity (Wildman–Crippen MR) is 66.8 cm³/mol. The second-order valence-corrected chi connectivity index (χ2v) is 4.67. The Hall–Kier alpha value is -0.960. The highest BCUT2D eigenvalue weighted by Gasteiger charge is 2.09. The van der Waals surface area contributed by atoms with E-state index in [-0.39, 0.29) is 6.04 Å². The van der Waals surface area contributed by atoms with E-state index in [1.807, 2.05) is 20.2 Å². The van der Waals surface area contributed by atoms with E-state index in [1.165, 1.54) is 0 Å². The average Bonchev–Trinajstić information content (AvgIpc) is 2.24. The third-order valence-electron chi connectivity index (χ3n) is 2.10. The second-order valence-electron chi connectivity index (χ2n) is 3.76. The Morgan fingerprint density at radius 1 is 1.56 bits per heavy atom. The molecule has 1 aromatic rings. The van der Waals surface area contributed by atoms with Gasteiger partial charge in [-0.05, 0) is 36.1 Å². The summed E-state index contributed by atoms with van der Waals surface area (Å²) in [6, 6.07) is 3.83. The van der Waals surface area contributed by atoms with E-state index >= 15 is 0 Å². The van der Waals surface area contributed by atoms with Gasteiger partial charge in [0.2, 0.25) is 0 Å². The zero-order valence-corrected chi connectivity index (χ0v) is 11.0. The second kappa shape index (κ2) is 6.59. The van der Waals surface area contributed by atoms with Gasteiger partial charge in [0.1, 0.15) is 6.04 Å². The minimum absolute atomic E-state index is 0.301. The Morgan fingerprint density at radius 3 is 2.88 bits per heavy atom. The lowest BCUT2D eigenvalue weighted by Crippen LogP contribution is -2.29. The minimum atomic E-state index is -0.301. The molecule has 0 amide bonds. The number of nitrogens with zero attached hydrogens (tertiary/aromatic N) is 3. The number of hydrogen-bond donors (Lipinski definition) is 1. The lowest BCUT2D eigenvalue weighted by Gasteiger charge is -2.14. The highest BCUT2D eigenvalue weighted by atomic mass is 79.9. The van der Waals surface area contributed by atoms with Crippen LogP contribution in [-0.2, 0) is 0 Å². The highest BCUT2D eigenvalue weighted by Crippen LogP contribution is 2.15. The highest BCUT2D eigenvalue weighted by molar-refractivity contribution is 9.10. The zero-order chi connectivity index (χ0) is 12.0. The summed E-state index contributed by atoms with van der Waals surface area (Å²) >= 11 is 3.34. The topological polar surface area (TPSA) is 52.0 Å². The van der Waals surface area contributed by atoms with Crippen molar-refractivity contribution in [2.24, 2.45) is 0 Å². The lowest BCUT2D eigenvalue weighted by atomic mass is 10.1. The number of rotatable bonds is 5. The van der Waals surface area contributed by atoms with Crippen molar-refractivity contribution in [2.45, 2.75) is 6.04 Å². The third-order valence-corrected chi connectivity index (χ3v) is 2.53. The Morgan fingerprint density at radius 2 is 2.31 bits per heavy atom. The number of hydrogen-bond acceptors (Lipinski definition) is 4. The number of likely N-dealkylation sites (N-methyl/N-ethyl adjacent to an activating group) is 1. The average molecular weight is 283 g/mol. The van der Waals surface area contributed by atoms with Crippen LogP contribution in [0.4, 0.5) is 0 Å². The lowest BCUT2D eigenvalue weighted by molar-refractivity contribution is 0.395. The van der Waals surface area contributed by atoms with Crippen LogP contribution in [0.5, 0.6) is 0 Å². The summed E-state index contributed by atoms with van der Waals surface area (Å²) in [5.74, 6) is 0. The summed E-state index contributed by atoms with van der Waals surface area (Å²) in [5.41, 5.74) is 0.885. The van der Waals surface area contributed by atoms with Crippen LogP contribution in [0.2, 0.25) is 0 Å². The molecule has 1 aromatic heterocycles. The Kier molecular flexibility index (Phi) is 5.39. The Bertz CT molecular complexity index is 372. The van der Waals surface area contributed by atoms with Crippen molar-refractivity contribution in [3.8, 4) is 6.07 Å². The summed E-state index contributed by atoms with van der Waals surface area (Å²) in [6.45, 7) is 1.68. The molecule has 5 heteroatoms. The van der Waals surface area contributed by atoms with Crippen molar-refractivity contribution in [3.05, 3.63) is 28.5 Å². The van der Waals surface area contributed by atoms with Gasteiger partial charge in [-0.2, -0.15) is 5.26 Å². The molecule has 0 radical (unpaired) electrons. The van der Waals surface area contributed by atoms with E-state index in [0.717, 1.165) is 23.1 Å². The minimum Gasteiger partial charge on any atom is -0.308 e. The van der Waals surface area contributed by atoms with Gasteiger partial charge in [-0.15, -0.1) is 0 Å². The smallest absolute Gasteiger partial charge is 0.122 e. The Labute approximate surface area is 104 Å². The van der Waals surface area contributed by atoms with E-state index < -0.39 is 0 Å². The first-order valence-corrected chi connectivity index (χ1v) is 5.81. The van der Waals surface area contributed by atoms with Crippen LogP contribution in [-0.4, -0.2) is 37.1 Å². The molecule has 0 aliphatic carbocycles. The number of pyridine rings is 1. The molecule has 16 heavy (non-hydrogen) atoms. The summed E-state index contributed by atoms with van der Waals surface area (Å²) in [5, 5.41) is 12.2. The molecule has 0 aliphatic rings. The van der Waals surface area contributed by atoms with Crippen molar-refractivity contribution in [3.63, 3.8) is 0 Å². The molecule has 1 rings (SSSR count).